The number of aryl methyl sites for hydroxylation is 2. The highest BCUT2D eigenvalue weighted by atomic mass is 35.5. The molecule has 0 spiro atoms. The molecule has 1 heterocycles. The van der Waals surface area contributed by atoms with Gasteiger partial charge in [-0.1, -0.05) is 41.4 Å². The average Bonchev–Trinajstić information content (AvgIpc) is 3.00. The number of methoxy groups -OCH3 is 1. The summed E-state index contributed by atoms with van der Waals surface area (Å²) in [5.74, 6) is 0.902. The molecular weight excluding hydrogens is 392 g/mol. The smallest absolute Gasteiger partial charge is 0.343 e. The molecule has 29 heavy (non-hydrogen) atoms. The van der Waals surface area contributed by atoms with Gasteiger partial charge >= 0.3 is 5.97 Å². The van der Waals surface area contributed by atoms with Crippen LogP contribution >= 0.6 is 11.6 Å². The number of hydrogen-bond acceptors (Lipinski definition) is 5. The zero-order chi connectivity index (χ0) is 20.8. The summed E-state index contributed by atoms with van der Waals surface area (Å²) in [7, 11) is 1.60. The van der Waals surface area contributed by atoms with E-state index in [9.17, 15) is 4.79 Å². The van der Waals surface area contributed by atoms with Gasteiger partial charge in [0.05, 0.1) is 19.3 Å². The van der Waals surface area contributed by atoms with Gasteiger partial charge in [0.15, 0.2) is 0 Å². The maximum atomic E-state index is 12.5. The Hall–Kier alpha value is -2.99. The molecule has 0 amide bonds. The van der Waals surface area contributed by atoms with Crippen LogP contribution in [0.25, 0.3) is 0 Å². The van der Waals surface area contributed by atoms with E-state index in [0.717, 1.165) is 11.3 Å². The zero-order valence-electron chi connectivity index (χ0n) is 16.6. The second-order valence-corrected chi connectivity index (χ2v) is 6.91. The zero-order valence-corrected chi connectivity index (χ0v) is 17.4. The van der Waals surface area contributed by atoms with Crippen molar-refractivity contribution in [1.29, 1.82) is 0 Å². The molecular formula is C22H23ClN2O4. The van der Waals surface area contributed by atoms with Crippen molar-refractivity contribution < 1.29 is 19.0 Å². The van der Waals surface area contributed by atoms with Crippen molar-refractivity contribution in [3.8, 4) is 11.5 Å². The van der Waals surface area contributed by atoms with Crippen molar-refractivity contribution in [1.82, 2.24) is 9.78 Å². The number of nitrogens with zero attached hydrogens (tertiary/aromatic N) is 2. The predicted molar refractivity (Wildman–Crippen MR) is 111 cm³/mol. The number of esters is 1. The van der Waals surface area contributed by atoms with Crippen LogP contribution in [0.5, 0.6) is 11.5 Å². The van der Waals surface area contributed by atoms with Gasteiger partial charge in [-0.2, -0.15) is 5.10 Å². The first-order valence-electron chi connectivity index (χ1n) is 9.20. The first-order chi connectivity index (χ1) is 14.0. The lowest BCUT2D eigenvalue weighted by molar-refractivity contribution is 0.0449. The average molecular weight is 415 g/mol. The normalized spacial score (nSPS) is 10.6. The maximum absolute atomic E-state index is 12.5. The summed E-state index contributed by atoms with van der Waals surface area (Å²) >= 11 is 6.40. The van der Waals surface area contributed by atoms with E-state index in [4.69, 9.17) is 25.8 Å². The summed E-state index contributed by atoms with van der Waals surface area (Å²) < 4.78 is 17.6. The number of carbonyl (C=O) groups is 1. The molecule has 0 saturated carbocycles. The third-order valence-corrected chi connectivity index (χ3v) is 4.75. The molecule has 0 aliphatic carbocycles. The molecule has 0 radical (unpaired) electrons. The van der Waals surface area contributed by atoms with E-state index in [1.165, 1.54) is 5.56 Å². The second kappa shape index (κ2) is 9.47. The molecule has 3 aromatic rings. The van der Waals surface area contributed by atoms with Gasteiger partial charge in [0, 0.05) is 0 Å². The van der Waals surface area contributed by atoms with Crippen molar-refractivity contribution in [2.75, 3.05) is 20.3 Å². The summed E-state index contributed by atoms with van der Waals surface area (Å²) in [6.45, 7) is 4.58. The van der Waals surface area contributed by atoms with Gasteiger partial charge in [-0.15, -0.1) is 0 Å². The molecule has 0 atom stereocenters. The summed E-state index contributed by atoms with van der Waals surface area (Å²) in [4.78, 5) is 12.5. The van der Waals surface area contributed by atoms with Crippen LogP contribution in [0.2, 0.25) is 5.15 Å². The third kappa shape index (κ3) is 5.29. The van der Waals surface area contributed by atoms with Crippen LogP contribution in [0.4, 0.5) is 0 Å². The Morgan fingerprint density at radius 3 is 2.31 bits per heavy atom. The minimum atomic E-state index is -0.513. The number of aromatic nitrogens is 2. The third-order valence-electron chi connectivity index (χ3n) is 4.37. The fourth-order valence-corrected chi connectivity index (χ4v) is 3.11. The summed E-state index contributed by atoms with van der Waals surface area (Å²) in [5.41, 5.74) is 3.04. The SMILES string of the molecule is COc1ccc(OCCOC(=O)c2c(C)nn(Cc3ccc(C)cc3)c2Cl)cc1. The Kier molecular flexibility index (Phi) is 6.77. The van der Waals surface area contributed by atoms with Crippen molar-refractivity contribution in [3.63, 3.8) is 0 Å². The highest BCUT2D eigenvalue weighted by Gasteiger charge is 2.21. The maximum Gasteiger partial charge on any atom is 0.343 e. The summed E-state index contributed by atoms with van der Waals surface area (Å²) in [5, 5.41) is 4.65. The van der Waals surface area contributed by atoms with E-state index in [-0.39, 0.29) is 23.9 Å². The molecule has 152 valence electrons. The number of ether oxygens (including phenoxy) is 3. The van der Waals surface area contributed by atoms with E-state index < -0.39 is 5.97 Å². The first-order valence-corrected chi connectivity index (χ1v) is 9.58. The van der Waals surface area contributed by atoms with Crippen LogP contribution in [0.1, 0.15) is 27.2 Å². The molecule has 0 unspecified atom stereocenters. The van der Waals surface area contributed by atoms with E-state index in [2.05, 4.69) is 5.10 Å². The van der Waals surface area contributed by atoms with Gasteiger partial charge in [0.2, 0.25) is 0 Å². The largest absolute Gasteiger partial charge is 0.497 e. The Labute approximate surface area is 175 Å². The van der Waals surface area contributed by atoms with Gasteiger partial charge in [-0.05, 0) is 43.7 Å². The Bertz CT molecular complexity index is 966. The van der Waals surface area contributed by atoms with Crippen LogP contribution in [0.3, 0.4) is 0 Å². The van der Waals surface area contributed by atoms with Gasteiger partial charge < -0.3 is 14.2 Å². The van der Waals surface area contributed by atoms with Crippen LogP contribution in [0.15, 0.2) is 48.5 Å². The van der Waals surface area contributed by atoms with Crippen LogP contribution < -0.4 is 9.47 Å². The standard InChI is InChI=1S/C22H23ClN2O4/c1-15-4-6-17(7-5-15)14-25-21(23)20(16(2)24-25)22(26)29-13-12-28-19-10-8-18(27-3)9-11-19/h4-11H,12-14H2,1-3H3. The van der Waals surface area contributed by atoms with Gasteiger partial charge in [0.25, 0.3) is 0 Å². The van der Waals surface area contributed by atoms with Crippen LogP contribution in [0, 0.1) is 13.8 Å². The number of rotatable bonds is 8. The molecule has 6 nitrogen and oxygen atoms in total. The molecule has 0 saturated heterocycles. The lowest BCUT2D eigenvalue weighted by Gasteiger charge is -2.08. The number of halogens is 1. The lowest BCUT2D eigenvalue weighted by atomic mass is 10.1. The second-order valence-electron chi connectivity index (χ2n) is 6.55. The minimum Gasteiger partial charge on any atom is -0.497 e. The van der Waals surface area contributed by atoms with Crippen molar-refractivity contribution in [3.05, 3.63) is 76.1 Å². The van der Waals surface area contributed by atoms with Crippen molar-refractivity contribution in [2.45, 2.75) is 20.4 Å². The highest BCUT2D eigenvalue weighted by molar-refractivity contribution is 6.32. The van der Waals surface area contributed by atoms with Crippen LogP contribution in [-0.2, 0) is 11.3 Å². The van der Waals surface area contributed by atoms with Crippen molar-refractivity contribution in [2.24, 2.45) is 0 Å². The fraction of sp³-hybridized carbons (Fsp3) is 0.273. The molecule has 2 aromatic carbocycles. The fourth-order valence-electron chi connectivity index (χ4n) is 2.79. The molecule has 3 rings (SSSR count). The van der Waals surface area contributed by atoms with Crippen molar-refractivity contribution >= 4 is 17.6 Å². The van der Waals surface area contributed by atoms with Crippen LogP contribution in [-0.4, -0.2) is 36.1 Å². The Morgan fingerprint density at radius 2 is 1.66 bits per heavy atom. The number of carbonyl (C=O) groups excluding carboxylic acids is 1. The quantitative estimate of drug-likeness (QED) is 0.402. The predicted octanol–water partition coefficient (Wildman–Crippen LogP) is 4.45. The van der Waals surface area contributed by atoms with E-state index in [1.807, 2.05) is 31.2 Å². The minimum absolute atomic E-state index is 0.101. The Balaban J connectivity index is 1.56. The molecule has 7 heteroatoms. The molecule has 0 fully saturated rings. The van der Waals surface area contributed by atoms with Gasteiger partial charge in [-0.25, -0.2) is 9.48 Å². The van der Waals surface area contributed by atoms with Gasteiger partial charge in [-0.3, -0.25) is 0 Å². The van der Waals surface area contributed by atoms with Gasteiger partial charge in [0.1, 0.15) is 35.4 Å². The first kappa shape index (κ1) is 20.7. The topological polar surface area (TPSA) is 62.6 Å². The van der Waals surface area contributed by atoms with E-state index in [0.29, 0.717) is 18.0 Å². The molecule has 0 aliphatic rings. The monoisotopic (exact) mass is 414 g/mol. The molecule has 1 aromatic heterocycles. The number of benzene rings is 2. The molecule has 0 bridgehead atoms. The highest BCUT2D eigenvalue weighted by Crippen LogP contribution is 2.22. The number of hydrogen-bond donors (Lipinski definition) is 0. The molecule has 0 aliphatic heterocycles. The Morgan fingerprint density at radius 1 is 1.00 bits per heavy atom. The lowest BCUT2D eigenvalue weighted by Crippen LogP contribution is -2.13. The molecule has 0 N–H and O–H groups in total. The van der Waals surface area contributed by atoms with E-state index >= 15 is 0 Å². The summed E-state index contributed by atoms with van der Waals surface area (Å²) in [6, 6.07) is 15.2. The van der Waals surface area contributed by atoms with E-state index in [1.54, 1.807) is 43.0 Å². The summed E-state index contributed by atoms with van der Waals surface area (Å²) in [6.07, 6.45) is 0.